The molecule has 1 saturated carbocycles. The maximum absolute atomic E-state index is 14.3. The van der Waals surface area contributed by atoms with E-state index in [0.717, 1.165) is 25.1 Å². The van der Waals surface area contributed by atoms with Gasteiger partial charge in [0.2, 0.25) is 0 Å². The second-order valence-electron chi connectivity index (χ2n) is 7.08. The number of hydrogen-bond donors (Lipinski definition) is 1. The second kappa shape index (κ2) is 7.93. The molecule has 2 atom stereocenters. The summed E-state index contributed by atoms with van der Waals surface area (Å²) in [5, 5.41) is 3.59. The van der Waals surface area contributed by atoms with Gasteiger partial charge in [-0.25, -0.2) is 4.39 Å². The maximum Gasteiger partial charge on any atom is 0.126 e. The van der Waals surface area contributed by atoms with Gasteiger partial charge in [0.1, 0.15) is 5.82 Å². The van der Waals surface area contributed by atoms with Crippen LogP contribution in [0.2, 0.25) is 0 Å². The maximum atomic E-state index is 14.3. The third-order valence-corrected chi connectivity index (χ3v) is 4.67. The summed E-state index contributed by atoms with van der Waals surface area (Å²) in [4.78, 5) is 0. The molecule has 1 aromatic rings. The van der Waals surface area contributed by atoms with Gasteiger partial charge in [-0.3, -0.25) is 0 Å². The van der Waals surface area contributed by atoms with Crippen LogP contribution in [-0.2, 0) is 0 Å². The lowest BCUT2D eigenvalue weighted by Gasteiger charge is -2.27. The van der Waals surface area contributed by atoms with Gasteiger partial charge < -0.3 is 5.32 Å². The molecule has 2 unspecified atom stereocenters. The van der Waals surface area contributed by atoms with Gasteiger partial charge in [0.05, 0.1) is 0 Å². The first-order chi connectivity index (χ1) is 10.1. The SMILES string of the molecule is Cc1ccc(F)c(C2CCCCCC2CNCC(C)C)c1. The second-order valence-corrected chi connectivity index (χ2v) is 7.08. The number of rotatable bonds is 5. The fraction of sp³-hybridized carbons (Fsp3) is 0.684. The number of halogens is 1. The Morgan fingerprint density at radius 2 is 1.95 bits per heavy atom. The summed E-state index contributed by atoms with van der Waals surface area (Å²) in [7, 11) is 0. The summed E-state index contributed by atoms with van der Waals surface area (Å²) in [5.41, 5.74) is 2.12. The molecule has 0 spiro atoms. The van der Waals surface area contributed by atoms with Gasteiger partial charge >= 0.3 is 0 Å². The van der Waals surface area contributed by atoms with Gasteiger partial charge in [-0.1, -0.05) is 50.8 Å². The van der Waals surface area contributed by atoms with Crippen molar-refractivity contribution >= 4 is 0 Å². The standard InChI is InChI=1S/C19H30FN/c1-14(2)12-21-13-16-7-5-4-6-8-17(16)18-11-15(3)9-10-19(18)20/h9-11,14,16-17,21H,4-8,12-13H2,1-3H3. The molecular weight excluding hydrogens is 261 g/mol. The minimum atomic E-state index is -0.0126. The number of benzene rings is 1. The number of hydrogen-bond acceptors (Lipinski definition) is 1. The highest BCUT2D eigenvalue weighted by atomic mass is 19.1. The molecule has 21 heavy (non-hydrogen) atoms. The topological polar surface area (TPSA) is 12.0 Å². The van der Waals surface area contributed by atoms with E-state index in [1.807, 2.05) is 6.07 Å². The molecule has 118 valence electrons. The van der Waals surface area contributed by atoms with E-state index in [1.165, 1.54) is 31.2 Å². The molecule has 0 heterocycles. The summed E-state index contributed by atoms with van der Waals surface area (Å²) in [6.45, 7) is 8.61. The van der Waals surface area contributed by atoms with Crippen LogP contribution >= 0.6 is 0 Å². The minimum absolute atomic E-state index is 0.0126. The Morgan fingerprint density at radius 1 is 1.19 bits per heavy atom. The van der Waals surface area contributed by atoms with E-state index >= 15 is 0 Å². The molecule has 1 aliphatic carbocycles. The first-order valence-corrected chi connectivity index (χ1v) is 8.54. The Labute approximate surface area is 129 Å². The molecule has 0 saturated heterocycles. The van der Waals surface area contributed by atoms with Crippen LogP contribution in [0, 0.1) is 24.6 Å². The van der Waals surface area contributed by atoms with Crippen molar-refractivity contribution in [3.05, 3.63) is 35.1 Å². The molecule has 1 aromatic carbocycles. The lowest BCUT2D eigenvalue weighted by atomic mass is 9.81. The highest BCUT2D eigenvalue weighted by Gasteiger charge is 2.27. The Bertz CT molecular complexity index is 441. The Morgan fingerprint density at radius 3 is 2.71 bits per heavy atom. The Kier molecular flexibility index (Phi) is 6.22. The molecule has 1 N–H and O–H groups in total. The predicted molar refractivity (Wildman–Crippen MR) is 88.2 cm³/mol. The van der Waals surface area contributed by atoms with Crippen LogP contribution in [0.25, 0.3) is 0 Å². The van der Waals surface area contributed by atoms with E-state index in [1.54, 1.807) is 6.07 Å². The third kappa shape index (κ3) is 4.81. The van der Waals surface area contributed by atoms with E-state index in [-0.39, 0.29) is 5.82 Å². The molecular formula is C19H30FN. The Hall–Kier alpha value is -0.890. The van der Waals surface area contributed by atoms with E-state index in [0.29, 0.717) is 17.8 Å². The molecule has 2 rings (SSSR count). The summed E-state index contributed by atoms with van der Waals surface area (Å²) >= 11 is 0. The van der Waals surface area contributed by atoms with E-state index < -0.39 is 0 Å². The molecule has 0 radical (unpaired) electrons. The smallest absolute Gasteiger partial charge is 0.126 e. The summed E-state index contributed by atoms with van der Waals surface area (Å²) in [5.74, 6) is 1.61. The first-order valence-electron chi connectivity index (χ1n) is 8.54. The van der Waals surface area contributed by atoms with Crippen molar-refractivity contribution in [1.29, 1.82) is 0 Å². The van der Waals surface area contributed by atoms with Crippen molar-refractivity contribution in [3.63, 3.8) is 0 Å². The van der Waals surface area contributed by atoms with Crippen LogP contribution < -0.4 is 5.32 Å². The van der Waals surface area contributed by atoms with Gasteiger partial charge in [-0.2, -0.15) is 0 Å². The summed E-state index contributed by atoms with van der Waals surface area (Å²) < 4.78 is 14.3. The van der Waals surface area contributed by atoms with Gasteiger partial charge in [-0.05, 0) is 62.2 Å². The minimum Gasteiger partial charge on any atom is -0.316 e. The molecule has 0 aromatic heterocycles. The molecule has 0 bridgehead atoms. The van der Waals surface area contributed by atoms with Crippen molar-refractivity contribution in [2.75, 3.05) is 13.1 Å². The van der Waals surface area contributed by atoms with Gasteiger partial charge in [0.15, 0.2) is 0 Å². The highest BCUT2D eigenvalue weighted by Crippen LogP contribution is 2.37. The zero-order valence-corrected chi connectivity index (χ0v) is 13.8. The largest absolute Gasteiger partial charge is 0.316 e. The molecule has 0 aliphatic heterocycles. The zero-order valence-electron chi connectivity index (χ0n) is 13.8. The molecule has 2 heteroatoms. The van der Waals surface area contributed by atoms with Crippen LogP contribution in [0.15, 0.2) is 18.2 Å². The average Bonchev–Trinajstić information content (AvgIpc) is 2.67. The highest BCUT2D eigenvalue weighted by molar-refractivity contribution is 5.28. The van der Waals surface area contributed by atoms with E-state index in [2.05, 4.69) is 32.2 Å². The van der Waals surface area contributed by atoms with Crippen molar-refractivity contribution in [1.82, 2.24) is 5.32 Å². The number of aryl methyl sites for hydroxylation is 1. The van der Waals surface area contributed by atoms with Crippen LogP contribution in [0.5, 0.6) is 0 Å². The fourth-order valence-corrected chi connectivity index (χ4v) is 3.54. The monoisotopic (exact) mass is 291 g/mol. The zero-order chi connectivity index (χ0) is 15.2. The van der Waals surface area contributed by atoms with Crippen LogP contribution in [0.4, 0.5) is 4.39 Å². The summed E-state index contributed by atoms with van der Waals surface area (Å²) in [6, 6.07) is 5.59. The first kappa shape index (κ1) is 16.5. The number of nitrogens with one attached hydrogen (secondary N) is 1. The van der Waals surface area contributed by atoms with Crippen molar-refractivity contribution in [2.24, 2.45) is 11.8 Å². The molecule has 0 amide bonds. The third-order valence-electron chi connectivity index (χ3n) is 4.67. The average molecular weight is 291 g/mol. The van der Waals surface area contributed by atoms with Crippen LogP contribution in [-0.4, -0.2) is 13.1 Å². The predicted octanol–water partition coefficient (Wildman–Crippen LogP) is 5.04. The summed E-state index contributed by atoms with van der Waals surface area (Å²) in [6.07, 6.45) is 6.18. The van der Waals surface area contributed by atoms with Crippen molar-refractivity contribution in [3.8, 4) is 0 Å². The molecule has 1 fully saturated rings. The van der Waals surface area contributed by atoms with Crippen molar-refractivity contribution in [2.45, 2.75) is 58.8 Å². The molecule has 1 nitrogen and oxygen atoms in total. The van der Waals surface area contributed by atoms with Gasteiger partial charge in [0.25, 0.3) is 0 Å². The normalized spacial score (nSPS) is 23.3. The van der Waals surface area contributed by atoms with E-state index in [4.69, 9.17) is 0 Å². The molecule has 1 aliphatic rings. The van der Waals surface area contributed by atoms with Gasteiger partial charge in [0, 0.05) is 0 Å². The van der Waals surface area contributed by atoms with Crippen molar-refractivity contribution < 1.29 is 4.39 Å². The Balaban J connectivity index is 2.13. The lowest BCUT2D eigenvalue weighted by Crippen LogP contribution is -2.29. The lowest BCUT2D eigenvalue weighted by molar-refractivity contribution is 0.358. The van der Waals surface area contributed by atoms with Crippen LogP contribution in [0.1, 0.15) is 63.0 Å². The van der Waals surface area contributed by atoms with E-state index in [9.17, 15) is 4.39 Å². The van der Waals surface area contributed by atoms with Crippen LogP contribution in [0.3, 0.4) is 0 Å². The fourth-order valence-electron chi connectivity index (χ4n) is 3.54. The quantitative estimate of drug-likeness (QED) is 0.749. The van der Waals surface area contributed by atoms with Gasteiger partial charge in [-0.15, -0.1) is 0 Å².